The summed E-state index contributed by atoms with van der Waals surface area (Å²) >= 11 is 0. The minimum atomic E-state index is -0.756. The fraction of sp³-hybridized carbons (Fsp3) is 0.692. The summed E-state index contributed by atoms with van der Waals surface area (Å²) in [4.78, 5) is 8.87. The lowest BCUT2D eigenvalue weighted by Crippen LogP contribution is -2.29. The van der Waals surface area contributed by atoms with E-state index in [9.17, 15) is 5.11 Å². The Morgan fingerprint density at radius 2 is 1.78 bits per heavy atom. The van der Waals surface area contributed by atoms with Gasteiger partial charge in [-0.05, 0) is 27.2 Å². The molecule has 0 aliphatic heterocycles. The van der Waals surface area contributed by atoms with Crippen molar-refractivity contribution in [1.29, 1.82) is 0 Å². The first-order valence-corrected chi connectivity index (χ1v) is 6.52. The first-order chi connectivity index (χ1) is 8.44. The van der Waals surface area contributed by atoms with Crippen molar-refractivity contribution in [1.82, 2.24) is 9.97 Å². The van der Waals surface area contributed by atoms with Crippen LogP contribution in [0.25, 0.3) is 0 Å². The molecule has 1 aromatic rings. The monoisotopic (exact) mass is 252 g/mol. The number of nitrogens with zero attached hydrogens (tertiary/aromatic N) is 2. The zero-order valence-corrected chi connectivity index (χ0v) is 11.7. The SMILES string of the molecule is CCCc1nc(NCC)cc(NCC(C)(C)O)n1. The summed E-state index contributed by atoms with van der Waals surface area (Å²) in [7, 11) is 0. The molecule has 102 valence electrons. The average Bonchev–Trinajstić information content (AvgIpc) is 2.26. The van der Waals surface area contributed by atoms with Gasteiger partial charge in [-0.3, -0.25) is 0 Å². The summed E-state index contributed by atoms with van der Waals surface area (Å²) < 4.78 is 0. The lowest BCUT2D eigenvalue weighted by atomic mass is 10.1. The van der Waals surface area contributed by atoms with E-state index in [1.807, 2.05) is 13.0 Å². The van der Waals surface area contributed by atoms with Gasteiger partial charge in [-0.2, -0.15) is 0 Å². The Morgan fingerprint density at radius 1 is 1.17 bits per heavy atom. The second-order valence-corrected chi connectivity index (χ2v) is 5.00. The molecule has 0 atom stereocenters. The summed E-state index contributed by atoms with van der Waals surface area (Å²) in [5.41, 5.74) is -0.756. The van der Waals surface area contributed by atoms with Crippen LogP contribution < -0.4 is 10.6 Å². The third kappa shape index (κ3) is 5.31. The number of aryl methyl sites for hydroxylation is 1. The van der Waals surface area contributed by atoms with Crippen LogP contribution in [0, 0.1) is 0 Å². The number of nitrogens with one attached hydrogen (secondary N) is 2. The van der Waals surface area contributed by atoms with Crippen LogP contribution in [0.3, 0.4) is 0 Å². The molecule has 0 spiro atoms. The summed E-state index contributed by atoms with van der Waals surface area (Å²) in [6.45, 7) is 8.95. The van der Waals surface area contributed by atoms with Crippen molar-refractivity contribution in [2.75, 3.05) is 23.7 Å². The van der Waals surface area contributed by atoms with Crippen molar-refractivity contribution in [2.45, 2.75) is 46.1 Å². The highest BCUT2D eigenvalue weighted by molar-refractivity contribution is 5.47. The molecular formula is C13H24N4O. The van der Waals surface area contributed by atoms with E-state index in [1.54, 1.807) is 13.8 Å². The molecular weight excluding hydrogens is 228 g/mol. The second-order valence-electron chi connectivity index (χ2n) is 5.00. The first-order valence-electron chi connectivity index (χ1n) is 6.52. The van der Waals surface area contributed by atoms with Crippen LogP contribution in [0.4, 0.5) is 11.6 Å². The highest BCUT2D eigenvalue weighted by Gasteiger charge is 2.12. The van der Waals surface area contributed by atoms with Crippen LogP contribution >= 0.6 is 0 Å². The molecule has 0 unspecified atom stereocenters. The third-order valence-corrected chi connectivity index (χ3v) is 2.31. The van der Waals surface area contributed by atoms with Crippen molar-refractivity contribution < 1.29 is 5.11 Å². The molecule has 0 saturated heterocycles. The van der Waals surface area contributed by atoms with Crippen LogP contribution in [0.1, 0.15) is 39.9 Å². The van der Waals surface area contributed by atoms with Gasteiger partial charge in [-0.25, -0.2) is 9.97 Å². The maximum atomic E-state index is 9.70. The van der Waals surface area contributed by atoms with E-state index in [2.05, 4.69) is 27.5 Å². The summed E-state index contributed by atoms with van der Waals surface area (Å²) in [5.74, 6) is 2.41. The van der Waals surface area contributed by atoms with Gasteiger partial charge in [0, 0.05) is 25.6 Å². The van der Waals surface area contributed by atoms with E-state index < -0.39 is 5.60 Å². The quantitative estimate of drug-likeness (QED) is 0.693. The van der Waals surface area contributed by atoms with Gasteiger partial charge in [-0.15, -0.1) is 0 Å². The Labute approximate surface area is 109 Å². The molecule has 0 bridgehead atoms. The van der Waals surface area contributed by atoms with Crippen LogP contribution in [-0.4, -0.2) is 33.8 Å². The number of hydrogen-bond acceptors (Lipinski definition) is 5. The van der Waals surface area contributed by atoms with Gasteiger partial charge in [0.1, 0.15) is 17.5 Å². The summed E-state index contributed by atoms with van der Waals surface area (Å²) in [5, 5.41) is 16.0. The Bertz CT molecular complexity index is 349. The van der Waals surface area contributed by atoms with Crippen LogP contribution in [0.15, 0.2) is 6.07 Å². The Balaban J connectivity index is 2.81. The van der Waals surface area contributed by atoms with E-state index in [-0.39, 0.29) is 0 Å². The molecule has 0 aliphatic carbocycles. The van der Waals surface area contributed by atoms with Gasteiger partial charge < -0.3 is 15.7 Å². The number of rotatable bonds is 7. The van der Waals surface area contributed by atoms with Crippen LogP contribution in [0.5, 0.6) is 0 Å². The van der Waals surface area contributed by atoms with Gasteiger partial charge in [0.05, 0.1) is 5.60 Å². The number of aliphatic hydroxyl groups is 1. The normalized spacial score (nSPS) is 11.4. The zero-order valence-electron chi connectivity index (χ0n) is 11.7. The van der Waals surface area contributed by atoms with Gasteiger partial charge in [0.15, 0.2) is 0 Å². The molecule has 1 heterocycles. The standard InChI is InChI=1S/C13H24N4O/c1-5-7-10-16-11(14-6-2)8-12(17-10)15-9-13(3,4)18/h8,18H,5-7,9H2,1-4H3,(H2,14,15,16,17). The van der Waals surface area contributed by atoms with Crippen molar-refractivity contribution in [2.24, 2.45) is 0 Å². The number of hydrogen-bond donors (Lipinski definition) is 3. The highest BCUT2D eigenvalue weighted by atomic mass is 16.3. The lowest BCUT2D eigenvalue weighted by Gasteiger charge is -2.18. The minimum absolute atomic E-state index is 0.459. The summed E-state index contributed by atoms with van der Waals surface area (Å²) in [6.07, 6.45) is 1.87. The van der Waals surface area contributed by atoms with Gasteiger partial charge >= 0.3 is 0 Å². The largest absolute Gasteiger partial charge is 0.389 e. The predicted octanol–water partition coefficient (Wildman–Crippen LogP) is 2.04. The Hall–Kier alpha value is -1.36. The molecule has 5 heteroatoms. The van der Waals surface area contributed by atoms with Crippen molar-refractivity contribution in [3.63, 3.8) is 0 Å². The van der Waals surface area contributed by atoms with E-state index in [1.165, 1.54) is 0 Å². The Kier molecular flexibility index (Phi) is 5.34. The highest BCUT2D eigenvalue weighted by Crippen LogP contribution is 2.13. The molecule has 1 aromatic heterocycles. The minimum Gasteiger partial charge on any atom is -0.389 e. The van der Waals surface area contributed by atoms with E-state index in [0.29, 0.717) is 6.54 Å². The van der Waals surface area contributed by atoms with Gasteiger partial charge in [-0.1, -0.05) is 6.92 Å². The lowest BCUT2D eigenvalue weighted by molar-refractivity contribution is 0.0944. The topological polar surface area (TPSA) is 70.1 Å². The van der Waals surface area contributed by atoms with E-state index in [0.717, 1.165) is 36.8 Å². The molecule has 0 saturated carbocycles. The fourth-order valence-corrected chi connectivity index (χ4v) is 1.50. The molecule has 0 aromatic carbocycles. The smallest absolute Gasteiger partial charge is 0.133 e. The maximum Gasteiger partial charge on any atom is 0.133 e. The molecule has 18 heavy (non-hydrogen) atoms. The first kappa shape index (κ1) is 14.7. The van der Waals surface area contributed by atoms with Crippen LogP contribution in [0.2, 0.25) is 0 Å². The Morgan fingerprint density at radius 3 is 2.28 bits per heavy atom. The van der Waals surface area contributed by atoms with Crippen molar-refractivity contribution in [3.8, 4) is 0 Å². The zero-order chi connectivity index (χ0) is 13.6. The third-order valence-electron chi connectivity index (χ3n) is 2.31. The van der Waals surface area contributed by atoms with Crippen LogP contribution in [-0.2, 0) is 6.42 Å². The molecule has 0 radical (unpaired) electrons. The van der Waals surface area contributed by atoms with Crippen molar-refractivity contribution in [3.05, 3.63) is 11.9 Å². The molecule has 0 aliphatic rings. The molecule has 3 N–H and O–H groups in total. The fourth-order valence-electron chi connectivity index (χ4n) is 1.50. The van der Waals surface area contributed by atoms with Crippen molar-refractivity contribution >= 4 is 11.6 Å². The molecule has 0 fully saturated rings. The number of aromatic nitrogens is 2. The van der Waals surface area contributed by atoms with Gasteiger partial charge in [0.2, 0.25) is 0 Å². The molecule has 5 nitrogen and oxygen atoms in total. The van der Waals surface area contributed by atoms with Gasteiger partial charge in [0.25, 0.3) is 0 Å². The number of anilines is 2. The van der Waals surface area contributed by atoms with E-state index >= 15 is 0 Å². The molecule has 1 rings (SSSR count). The average molecular weight is 252 g/mol. The predicted molar refractivity (Wildman–Crippen MR) is 75.0 cm³/mol. The second kappa shape index (κ2) is 6.54. The molecule has 0 amide bonds. The maximum absolute atomic E-state index is 9.70. The summed E-state index contributed by atoms with van der Waals surface area (Å²) in [6, 6.07) is 1.87. The van der Waals surface area contributed by atoms with E-state index in [4.69, 9.17) is 0 Å².